The molecule has 0 atom stereocenters. The van der Waals surface area contributed by atoms with Gasteiger partial charge in [0.15, 0.2) is 28.8 Å². The zero-order chi connectivity index (χ0) is 28.6. The van der Waals surface area contributed by atoms with Crippen LogP contribution in [0, 0.1) is 0 Å². The van der Waals surface area contributed by atoms with Gasteiger partial charge in [0.05, 0.1) is 30.3 Å². The molecular formula is C28H26N4O8S. The van der Waals surface area contributed by atoms with Gasteiger partial charge in [0.25, 0.3) is 5.91 Å². The Labute approximate surface area is 235 Å². The maximum Gasteiger partial charge on any atom is 0.251 e. The number of benzene rings is 3. The quantitative estimate of drug-likeness (QED) is 0.338. The molecule has 0 unspecified atom stereocenters. The van der Waals surface area contributed by atoms with E-state index in [0.29, 0.717) is 71.5 Å². The van der Waals surface area contributed by atoms with Crippen molar-refractivity contribution in [2.75, 3.05) is 42.7 Å². The number of carbonyl (C=O) groups excluding carboxylic acids is 2. The first-order chi connectivity index (χ1) is 19.7. The Bertz CT molecular complexity index is 1780. The van der Waals surface area contributed by atoms with Gasteiger partial charge in [-0.25, -0.2) is 8.42 Å². The van der Waals surface area contributed by atoms with E-state index in [4.69, 9.17) is 18.9 Å². The third kappa shape index (κ3) is 5.89. The summed E-state index contributed by atoms with van der Waals surface area (Å²) in [4.78, 5) is 26.5. The molecule has 0 spiro atoms. The monoisotopic (exact) mass is 578 g/mol. The molecule has 0 bridgehead atoms. The highest BCUT2D eigenvalue weighted by Crippen LogP contribution is 2.33. The van der Waals surface area contributed by atoms with E-state index in [1.165, 1.54) is 16.8 Å². The van der Waals surface area contributed by atoms with E-state index in [1.807, 2.05) is 0 Å². The second-order valence-electron chi connectivity index (χ2n) is 9.62. The number of anilines is 2. The van der Waals surface area contributed by atoms with Crippen LogP contribution in [0.5, 0.6) is 23.0 Å². The summed E-state index contributed by atoms with van der Waals surface area (Å²) in [5.74, 6) is 1.78. The molecule has 2 aliphatic rings. The highest BCUT2D eigenvalue weighted by molar-refractivity contribution is 7.92. The molecule has 2 N–H and O–H groups in total. The van der Waals surface area contributed by atoms with Gasteiger partial charge in [-0.05, 0) is 53.6 Å². The maximum absolute atomic E-state index is 13.5. The molecule has 3 heterocycles. The predicted molar refractivity (Wildman–Crippen MR) is 150 cm³/mol. The highest BCUT2D eigenvalue weighted by Gasteiger charge is 2.21. The summed E-state index contributed by atoms with van der Waals surface area (Å²) in [7, 11) is -3.57. The van der Waals surface area contributed by atoms with Crippen molar-refractivity contribution in [2.24, 2.45) is 0 Å². The lowest BCUT2D eigenvalue weighted by atomic mass is 10.1. The van der Waals surface area contributed by atoms with E-state index in [1.54, 1.807) is 42.5 Å². The summed E-state index contributed by atoms with van der Waals surface area (Å²) >= 11 is 0. The molecule has 0 saturated heterocycles. The summed E-state index contributed by atoms with van der Waals surface area (Å²) in [6, 6.07) is 15.2. The van der Waals surface area contributed by atoms with Gasteiger partial charge in [0.2, 0.25) is 15.9 Å². The largest absolute Gasteiger partial charge is 0.486 e. The standard InChI is InChI=1S/C28H26N4O8S/c1-41(35,36)31-19-4-5-20-21(16-19)32(27(34)15-18-3-7-23-25(13-18)40-11-9-38-23)30-28(20)29-26(33)14-17-2-6-22-24(12-17)39-10-8-37-22/h2-7,12-13,16,31H,8-11,14-15H2,1H3,(H,29,30,33). The summed E-state index contributed by atoms with van der Waals surface area (Å²) in [6.45, 7) is 1.77. The van der Waals surface area contributed by atoms with Crippen molar-refractivity contribution in [3.8, 4) is 23.0 Å². The molecule has 0 fully saturated rings. The smallest absolute Gasteiger partial charge is 0.251 e. The lowest BCUT2D eigenvalue weighted by Crippen LogP contribution is -2.19. The van der Waals surface area contributed by atoms with Crippen molar-refractivity contribution in [2.45, 2.75) is 12.8 Å². The molecule has 0 radical (unpaired) electrons. The van der Waals surface area contributed by atoms with Crippen LogP contribution in [0.15, 0.2) is 54.6 Å². The molecule has 0 saturated carbocycles. The first-order valence-corrected chi connectivity index (χ1v) is 14.7. The van der Waals surface area contributed by atoms with Crippen molar-refractivity contribution < 1.29 is 37.0 Å². The van der Waals surface area contributed by atoms with E-state index in [-0.39, 0.29) is 30.3 Å². The number of rotatable bonds is 7. The van der Waals surface area contributed by atoms with Crippen molar-refractivity contribution in [1.29, 1.82) is 0 Å². The molecule has 1 amide bonds. The van der Waals surface area contributed by atoms with Gasteiger partial charge in [-0.3, -0.25) is 14.3 Å². The van der Waals surface area contributed by atoms with Crippen LogP contribution in [0.2, 0.25) is 0 Å². The minimum Gasteiger partial charge on any atom is -0.486 e. The lowest BCUT2D eigenvalue weighted by molar-refractivity contribution is -0.115. The minimum absolute atomic E-state index is 0.0261. The van der Waals surface area contributed by atoms with E-state index in [9.17, 15) is 18.0 Å². The number of hydrogen-bond acceptors (Lipinski definition) is 9. The summed E-state index contributed by atoms with van der Waals surface area (Å²) in [5, 5.41) is 7.68. The Morgan fingerprint density at radius 3 is 2.00 bits per heavy atom. The molecule has 3 aromatic carbocycles. The first kappa shape index (κ1) is 26.4. The Morgan fingerprint density at radius 1 is 0.805 bits per heavy atom. The average Bonchev–Trinajstić information content (AvgIpc) is 3.29. The molecule has 12 nitrogen and oxygen atoms in total. The molecule has 2 aliphatic heterocycles. The van der Waals surface area contributed by atoms with Crippen molar-refractivity contribution in [1.82, 2.24) is 9.78 Å². The van der Waals surface area contributed by atoms with Crippen LogP contribution < -0.4 is 29.0 Å². The Hall–Kier alpha value is -4.78. The molecule has 41 heavy (non-hydrogen) atoms. The predicted octanol–water partition coefficient (Wildman–Crippen LogP) is 3.01. The fourth-order valence-electron chi connectivity index (χ4n) is 4.68. The summed E-state index contributed by atoms with van der Waals surface area (Å²) < 4.78 is 49.6. The van der Waals surface area contributed by atoms with Crippen LogP contribution in [0.4, 0.5) is 11.5 Å². The SMILES string of the molecule is CS(=O)(=O)Nc1ccc2c(NC(=O)Cc3ccc4c(c3)OCCO4)nn(C(=O)Cc3ccc4c(c3)OCCO4)c2c1. The number of amides is 1. The number of aromatic nitrogens is 2. The van der Waals surface area contributed by atoms with Gasteiger partial charge in [0.1, 0.15) is 26.4 Å². The van der Waals surface area contributed by atoms with Crippen LogP contribution >= 0.6 is 0 Å². The van der Waals surface area contributed by atoms with Gasteiger partial charge in [0, 0.05) is 5.39 Å². The normalized spacial score (nSPS) is 14.0. The molecular weight excluding hydrogens is 552 g/mol. The third-order valence-corrected chi connectivity index (χ3v) is 7.02. The van der Waals surface area contributed by atoms with E-state index >= 15 is 0 Å². The van der Waals surface area contributed by atoms with Crippen LogP contribution in [0.1, 0.15) is 15.9 Å². The molecule has 212 valence electrons. The second kappa shape index (κ2) is 10.7. The zero-order valence-corrected chi connectivity index (χ0v) is 22.8. The van der Waals surface area contributed by atoms with Crippen molar-refractivity contribution >= 4 is 44.2 Å². The third-order valence-electron chi connectivity index (χ3n) is 6.41. The first-order valence-electron chi connectivity index (χ1n) is 12.8. The Morgan fingerprint density at radius 2 is 1.39 bits per heavy atom. The molecule has 0 aliphatic carbocycles. The number of hydrogen-bond donors (Lipinski definition) is 2. The number of fused-ring (bicyclic) bond motifs is 3. The number of sulfonamides is 1. The fraction of sp³-hybridized carbons (Fsp3) is 0.250. The molecule has 4 aromatic rings. The number of nitrogens with zero attached hydrogens (tertiary/aromatic N) is 2. The topological polar surface area (TPSA) is 147 Å². The minimum atomic E-state index is -3.57. The zero-order valence-electron chi connectivity index (χ0n) is 22.0. The second-order valence-corrected chi connectivity index (χ2v) is 11.4. The summed E-state index contributed by atoms with van der Waals surface area (Å²) in [6.07, 6.45) is 1.04. The van der Waals surface area contributed by atoms with E-state index in [2.05, 4.69) is 15.1 Å². The molecule has 6 rings (SSSR count). The van der Waals surface area contributed by atoms with Gasteiger partial charge >= 0.3 is 0 Å². The van der Waals surface area contributed by atoms with Gasteiger partial charge in [-0.15, -0.1) is 5.10 Å². The van der Waals surface area contributed by atoms with Crippen LogP contribution in [-0.2, 0) is 27.7 Å². The van der Waals surface area contributed by atoms with Gasteiger partial charge in [-0.1, -0.05) is 12.1 Å². The van der Waals surface area contributed by atoms with Crippen LogP contribution in [-0.4, -0.2) is 62.7 Å². The summed E-state index contributed by atoms with van der Waals surface area (Å²) in [5.41, 5.74) is 1.97. The molecule has 1 aromatic heterocycles. The maximum atomic E-state index is 13.5. The van der Waals surface area contributed by atoms with Gasteiger partial charge in [-0.2, -0.15) is 4.68 Å². The van der Waals surface area contributed by atoms with Gasteiger partial charge < -0.3 is 24.3 Å². The molecule has 13 heteroatoms. The number of carbonyl (C=O) groups is 2. The lowest BCUT2D eigenvalue weighted by Gasteiger charge is -2.18. The van der Waals surface area contributed by atoms with Crippen molar-refractivity contribution in [3.05, 3.63) is 65.7 Å². The van der Waals surface area contributed by atoms with Crippen LogP contribution in [0.3, 0.4) is 0 Å². The van der Waals surface area contributed by atoms with E-state index < -0.39 is 15.9 Å². The number of nitrogens with one attached hydrogen (secondary N) is 2. The Balaban J connectivity index is 1.28. The highest BCUT2D eigenvalue weighted by atomic mass is 32.2. The number of ether oxygens (including phenoxy) is 4. The van der Waals surface area contributed by atoms with Crippen LogP contribution in [0.25, 0.3) is 10.9 Å². The van der Waals surface area contributed by atoms with Crippen molar-refractivity contribution in [3.63, 3.8) is 0 Å². The fourth-order valence-corrected chi connectivity index (χ4v) is 5.24. The Kier molecular flexibility index (Phi) is 6.87. The average molecular weight is 579 g/mol. The van der Waals surface area contributed by atoms with E-state index in [0.717, 1.165) is 6.26 Å².